The zero-order valence-corrected chi connectivity index (χ0v) is 14.1. The van der Waals surface area contributed by atoms with Gasteiger partial charge < -0.3 is 19.9 Å². The molecule has 2 N–H and O–H groups in total. The molecule has 2 aliphatic rings. The Hall–Kier alpha value is -3.02. The summed E-state index contributed by atoms with van der Waals surface area (Å²) in [6.45, 7) is 1.17. The standard InChI is InChI=1S/C20H19NO5/c22-19(13-4-7-17-18(10-13)26-9-1-8-25-17)21-14-5-2-12(3-6-14)15-11-16(15)20(23)24/h2-7,10,15-16H,1,8-9,11H2,(H,21,22)(H,23,24)/t15-,16+/m0/s1. The van der Waals surface area contributed by atoms with Gasteiger partial charge in [-0.15, -0.1) is 0 Å². The highest BCUT2D eigenvalue weighted by atomic mass is 16.5. The molecule has 1 aliphatic carbocycles. The molecule has 2 atom stereocenters. The van der Waals surface area contributed by atoms with Crippen LogP contribution in [-0.2, 0) is 4.79 Å². The van der Waals surface area contributed by atoms with Crippen LogP contribution in [0.5, 0.6) is 11.5 Å². The number of carboxylic acid groups (broad SMARTS) is 1. The van der Waals surface area contributed by atoms with Gasteiger partial charge in [-0.3, -0.25) is 9.59 Å². The highest BCUT2D eigenvalue weighted by Crippen LogP contribution is 2.47. The summed E-state index contributed by atoms with van der Waals surface area (Å²) in [5.74, 6) is 0.0565. The van der Waals surface area contributed by atoms with E-state index < -0.39 is 5.97 Å². The first-order valence-electron chi connectivity index (χ1n) is 8.65. The van der Waals surface area contributed by atoms with Crippen LogP contribution in [0.3, 0.4) is 0 Å². The Labute approximate surface area is 150 Å². The molecule has 6 nitrogen and oxygen atoms in total. The van der Waals surface area contributed by atoms with E-state index in [4.69, 9.17) is 14.6 Å². The van der Waals surface area contributed by atoms with Crippen molar-refractivity contribution in [1.82, 2.24) is 0 Å². The second kappa shape index (κ2) is 6.71. The fourth-order valence-corrected chi connectivity index (χ4v) is 3.16. The van der Waals surface area contributed by atoms with Crippen molar-refractivity contribution in [3.05, 3.63) is 53.6 Å². The average Bonchev–Trinajstić information content (AvgIpc) is 3.45. The number of benzene rings is 2. The minimum Gasteiger partial charge on any atom is -0.490 e. The number of ether oxygens (including phenoxy) is 2. The van der Waals surface area contributed by atoms with Gasteiger partial charge >= 0.3 is 5.97 Å². The zero-order chi connectivity index (χ0) is 18.1. The van der Waals surface area contributed by atoms with E-state index >= 15 is 0 Å². The SMILES string of the molecule is O=C(Nc1ccc([C@@H]2C[C@H]2C(=O)O)cc1)c1ccc2c(c1)OCCCO2. The van der Waals surface area contributed by atoms with Gasteiger partial charge in [0.05, 0.1) is 19.1 Å². The minimum atomic E-state index is -0.748. The van der Waals surface area contributed by atoms with Gasteiger partial charge in [-0.2, -0.15) is 0 Å². The Morgan fingerprint density at radius 3 is 2.42 bits per heavy atom. The molecule has 134 valence electrons. The van der Waals surface area contributed by atoms with E-state index in [0.29, 0.717) is 42.4 Å². The van der Waals surface area contributed by atoms with E-state index in [9.17, 15) is 9.59 Å². The lowest BCUT2D eigenvalue weighted by Gasteiger charge is -2.10. The van der Waals surface area contributed by atoms with E-state index in [-0.39, 0.29) is 17.7 Å². The summed E-state index contributed by atoms with van der Waals surface area (Å²) in [6, 6.07) is 12.5. The van der Waals surface area contributed by atoms with E-state index in [2.05, 4.69) is 5.32 Å². The minimum absolute atomic E-state index is 0.0824. The summed E-state index contributed by atoms with van der Waals surface area (Å²) in [6.07, 6.45) is 1.49. The number of hydrogen-bond acceptors (Lipinski definition) is 4. The molecule has 0 saturated heterocycles. The summed E-state index contributed by atoms with van der Waals surface area (Å²) in [7, 11) is 0. The van der Waals surface area contributed by atoms with Crippen LogP contribution in [0.25, 0.3) is 0 Å². The van der Waals surface area contributed by atoms with Gasteiger partial charge in [0.2, 0.25) is 0 Å². The highest BCUT2D eigenvalue weighted by Gasteiger charge is 2.44. The van der Waals surface area contributed by atoms with Crippen molar-refractivity contribution in [3.63, 3.8) is 0 Å². The lowest BCUT2D eigenvalue weighted by molar-refractivity contribution is -0.138. The number of rotatable bonds is 4. The largest absolute Gasteiger partial charge is 0.490 e. The van der Waals surface area contributed by atoms with Crippen molar-refractivity contribution < 1.29 is 24.2 Å². The number of carboxylic acids is 1. The van der Waals surface area contributed by atoms with E-state index in [1.807, 2.05) is 12.1 Å². The molecule has 2 aromatic carbocycles. The molecule has 0 radical (unpaired) electrons. The average molecular weight is 353 g/mol. The maximum atomic E-state index is 12.5. The van der Waals surface area contributed by atoms with Gasteiger partial charge in [-0.1, -0.05) is 12.1 Å². The molecule has 0 bridgehead atoms. The van der Waals surface area contributed by atoms with Gasteiger partial charge in [0.15, 0.2) is 11.5 Å². The van der Waals surface area contributed by atoms with Crippen LogP contribution in [0.2, 0.25) is 0 Å². The van der Waals surface area contributed by atoms with Crippen LogP contribution in [0.1, 0.15) is 34.7 Å². The van der Waals surface area contributed by atoms with Crippen molar-refractivity contribution in [1.29, 1.82) is 0 Å². The quantitative estimate of drug-likeness (QED) is 0.881. The van der Waals surface area contributed by atoms with Gasteiger partial charge in [0, 0.05) is 17.7 Å². The third kappa shape index (κ3) is 3.35. The first-order chi connectivity index (χ1) is 12.6. The molecule has 4 rings (SSSR count). The maximum absolute atomic E-state index is 12.5. The number of fused-ring (bicyclic) bond motifs is 1. The lowest BCUT2D eigenvalue weighted by atomic mass is 10.1. The van der Waals surface area contributed by atoms with Crippen LogP contribution >= 0.6 is 0 Å². The molecule has 26 heavy (non-hydrogen) atoms. The number of aliphatic carboxylic acids is 1. The summed E-state index contributed by atoms with van der Waals surface area (Å²) in [5.41, 5.74) is 2.15. The van der Waals surface area contributed by atoms with Gasteiger partial charge in [-0.25, -0.2) is 0 Å². The molecule has 2 aromatic rings. The number of carbonyl (C=O) groups is 2. The molecule has 1 aliphatic heterocycles. The van der Waals surface area contributed by atoms with Crippen molar-refractivity contribution in [3.8, 4) is 11.5 Å². The molecule has 1 saturated carbocycles. The Morgan fingerprint density at radius 2 is 1.73 bits per heavy atom. The third-order valence-corrected chi connectivity index (χ3v) is 4.71. The molecular weight excluding hydrogens is 334 g/mol. The fraction of sp³-hybridized carbons (Fsp3) is 0.300. The molecule has 1 heterocycles. The molecule has 0 aromatic heterocycles. The van der Waals surface area contributed by atoms with Crippen LogP contribution in [0.4, 0.5) is 5.69 Å². The topological polar surface area (TPSA) is 84.9 Å². The lowest BCUT2D eigenvalue weighted by Crippen LogP contribution is -2.12. The van der Waals surface area contributed by atoms with Crippen LogP contribution in [0.15, 0.2) is 42.5 Å². The smallest absolute Gasteiger partial charge is 0.307 e. The van der Waals surface area contributed by atoms with E-state index in [0.717, 1.165) is 12.0 Å². The number of anilines is 1. The third-order valence-electron chi connectivity index (χ3n) is 4.71. The predicted octanol–water partition coefficient (Wildman–Crippen LogP) is 3.29. The Kier molecular flexibility index (Phi) is 4.24. The fourth-order valence-electron chi connectivity index (χ4n) is 3.16. The summed E-state index contributed by atoms with van der Waals surface area (Å²) in [5, 5.41) is 11.9. The van der Waals surface area contributed by atoms with Crippen LogP contribution in [0, 0.1) is 5.92 Å². The van der Waals surface area contributed by atoms with Crippen molar-refractivity contribution in [2.24, 2.45) is 5.92 Å². The molecular formula is C20H19NO5. The zero-order valence-electron chi connectivity index (χ0n) is 14.1. The summed E-state index contributed by atoms with van der Waals surface area (Å²) >= 11 is 0. The van der Waals surface area contributed by atoms with Gasteiger partial charge in [0.25, 0.3) is 5.91 Å². The Balaban J connectivity index is 1.43. The molecule has 0 spiro atoms. The molecule has 1 fully saturated rings. The highest BCUT2D eigenvalue weighted by molar-refractivity contribution is 6.04. The van der Waals surface area contributed by atoms with Crippen molar-refractivity contribution >= 4 is 17.6 Å². The second-order valence-electron chi connectivity index (χ2n) is 6.58. The van der Waals surface area contributed by atoms with Gasteiger partial charge in [0.1, 0.15) is 0 Å². The summed E-state index contributed by atoms with van der Waals surface area (Å²) < 4.78 is 11.2. The van der Waals surface area contributed by atoms with E-state index in [1.165, 1.54) is 0 Å². The van der Waals surface area contributed by atoms with Crippen molar-refractivity contribution in [2.75, 3.05) is 18.5 Å². The van der Waals surface area contributed by atoms with Crippen LogP contribution < -0.4 is 14.8 Å². The first-order valence-corrected chi connectivity index (χ1v) is 8.65. The Bertz CT molecular complexity index is 846. The summed E-state index contributed by atoms with van der Waals surface area (Å²) in [4.78, 5) is 23.4. The monoisotopic (exact) mass is 353 g/mol. The Morgan fingerprint density at radius 1 is 1.00 bits per heavy atom. The molecule has 0 unspecified atom stereocenters. The molecule has 6 heteroatoms. The maximum Gasteiger partial charge on any atom is 0.307 e. The second-order valence-corrected chi connectivity index (χ2v) is 6.58. The number of carbonyl (C=O) groups excluding carboxylic acids is 1. The number of nitrogens with one attached hydrogen (secondary N) is 1. The predicted molar refractivity (Wildman–Crippen MR) is 94.9 cm³/mol. The first kappa shape index (κ1) is 16.4. The van der Waals surface area contributed by atoms with Crippen LogP contribution in [-0.4, -0.2) is 30.2 Å². The number of hydrogen-bond donors (Lipinski definition) is 2. The van der Waals surface area contributed by atoms with E-state index in [1.54, 1.807) is 30.3 Å². The van der Waals surface area contributed by atoms with Gasteiger partial charge in [-0.05, 0) is 48.2 Å². The molecule has 1 amide bonds. The van der Waals surface area contributed by atoms with Crippen molar-refractivity contribution in [2.45, 2.75) is 18.8 Å². The number of amides is 1. The normalized spacial score (nSPS) is 20.8.